The Kier molecular flexibility index (Phi) is 7.05. The third-order valence-electron chi connectivity index (χ3n) is 4.05. The van der Waals surface area contributed by atoms with Crippen molar-refractivity contribution >= 4 is 39.2 Å². The van der Waals surface area contributed by atoms with Gasteiger partial charge in [0.15, 0.2) is 5.17 Å². The molecule has 29 heavy (non-hydrogen) atoms. The van der Waals surface area contributed by atoms with Crippen molar-refractivity contribution in [3.05, 3.63) is 60.2 Å². The van der Waals surface area contributed by atoms with E-state index in [1.54, 1.807) is 42.5 Å². The standard InChI is InChI=1S/C20H21N3O4S2/c1-2-3-12-18-19(24)22-20(28-18)23-21-14-15-8-7-9-16(13-15)27-29(25,26)17-10-5-4-6-11-17/h4-11,13-14,18H,2-3,12H2,1H3,(H,22,23,24). The highest BCUT2D eigenvalue weighted by Crippen LogP contribution is 2.24. The van der Waals surface area contributed by atoms with Gasteiger partial charge in [-0.2, -0.15) is 13.5 Å². The molecule has 0 aliphatic carbocycles. The Morgan fingerprint density at radius 1 is 1.17 bits per heavy atom. The molecule has 0 spiro atoms. The van der Waals surface area contributed by atoms with Gasteiger partial charge in [-0.3, -0.25) is 4.79 Å². The lowest BCUT2D eigenvalue weighted by molar-refractivity contribution is -0.118. The topological polar surface area (TPSA) is 97.2 Å². The van der Waals surface area contributed by atoms with E-state index in [1.165, 1.54) is 30.1 Å². The molecule has 1 aliphatic heterocycles. The first-order chi connectivity index (χ1) is 14.0. The molecule has 152 valence electrons. The largest absolute Gasteiger partial charge is 0.379 e. The van der Waals surface area contributed by atoms with E-state index in [0.29, 0.717) is 10.7 Å². The second kappa shape index (κ2) is 9.71. The van der Waals surface area contributed by atoms with E-state index in [2.05, 4.69) is 22.4 Å². The average molecular weight is 432 g/mol. The Balaban J connectivity index is 1.65. The van der Waals surface area contributed by atoms with Gasteiger partial charge in [-0.25, -0.2) is 0 Å². The fourth-order valence-corrected chi connectivity index (χ4v) is 4.51. The number of rotatable bonds is 8. The van der Waals surface area contributed by atoms with E-state index in [0.717, 1.165) is 19.3 Å². The number of amides is 1. The van der Waals surface area contributed by atoms with Gasteiger partial charge in [-0.05, 0) is 36.2 Å². The Morgan fingerprint density at radius 2 is 1.97 bits per heavy atom. The highest BCUT2D eigenvalue weighted by atomic mass is 32.2. The van der Waals surface area contributed by atoms with Crippen LogP contribution in [0.4, 0.5) is 0 Å². The average Bonchev–Trinajstić information content (AvgIpc) is 3.06. The molecule has 9 heteroatoms. The molecule has 0 aromatic heterocycles. The first-order valence-corrected chi connectivity index (χ1v) is 11.4. The van der Waals surface area contributed by atoms with Gasteiger partial charge in [0.05, 0.1) is 11.5 Å². The Hall–Kier alpha value is -2.65. The second-order valence-corrected chi connectivity index (χ2v) is 9.05. The number of unbranched alkanes of at least 4 members (excludes halogenated alkanes) is 1. The predicted molar refractivity (Wildman–Crippen MR) is 115 cm³/mol. The van der Waals surface area contributed by atoms with E-state index in [-0.39, 0.29) is 21.8 Å². The molecule has 7 nitrogen and oxygen atoms in total. The summed E-state index contributed by atoms with van der Waals surface area (Å²) in [4.78, 5) is 12.0. The van der Waals surface area contributed by atoms with Gasteiger partial charge in [0.2, 0.25) is 5.91 Å². The van der Waals surface area contributed by atoms with E-state index in [4.69, 9.17) is 4.18 Å². The summed E-state index contributed by atoms with van der Waals surface area (Å²) in [6.07, 6.45) is 4.31. The number of nitrogens with zero attached hydrogens (tertiary/aromatic N) is 2. The molecule has 1 saturated heterocycles. The van der Waals surface area contributed by atoms with Gasteiger partial charge in [-0.15, -0.1) is 5.10 Å². The number of nitrogens with one attached hydrogen (secondary N) is 1. The van der Waals surface area contributed by atoms with Crippen LogP contribution in [-0.4, -0.2) is 31.0 Å². The molecule has 1 atom stereocenters. The Morgan fingerprint density at radius 3 is 2.72 bits per heavy atom. The van der Waals surface area contributed by atoms with Crippen molar-refractivity contribution in [1.82, 2.24) is 5.32 Å². The lowest BCUT2D eigenvalue weighted by atomic mass is 10.2. The van der Waals surface area contributed by atoms with Crippen LogP contribution in [0.2, 0.25) is 0 Å². The molecule has 0 saturated carbocycles. The van der Waals surface area contributed by atoms with Crippen LogP contribution < -0.4 is 9.50 Å². The number of hydrogen-bond acceptors (Lipinski definition) is 7. The zero-order valence-electron chi connectivity index (χ0n) is 15.8. The first kappa shape index (κ1) is 21.1. The predicted octanol–water partition coefficient (Wildman–Crippen LogP) is 3.57. The van der Waals surface area contributed by atoms with E-state index in [9.17, 15) is 13.2 Å². The molecule has 2 aromatic rings. The van der Waals surface area contributed by atoms with Gasteiger partial charge in [0.25, 0.3) is 0 Å². The number of thioether (sulfide) groups is 1. The Labute approximate surface area is 174 Å². The molecule has 2 aromatic carbocycles. The van der Waals surface area contributed by atoms with Crippen LogP contribution >= 0.6 is 11.8 Å². The molecule has 1 unspecified atom stereocenters. The van der Waals surface area contributed by atoms with Gasteiger partial charge in [0, 0.05) is 0 Å². The fourth-order valence-electron chi connectivity index (χ4n) is 2.59. The summed E-state index contributed by atoms with van der Waals surface area (Å²) >= 11 is 1.37. The SMILES string of the molecule is CCCCC1S/C(=N/N=Cc2cccc(OS(=O)(=O)c3ccccc3)c2)NC1=O. The molecule has 1 fully saturated rings. The zero-order valence-corrected chi connectivity index (χ0v) is 17.4. The molecule has 1 N–H and O–H groups in total. The van der Waals surface area contributed by atoms with Crippen molar-refractivity contribution in [2.75, 3.05) is 0 Å². The molecular formula is C20H21N3O4S2. The molecule has 1 amide bonds. The molecule has 1 heterocycles. The number of carbonyl (C=O) groups is 1. The van der Waals surface area contributed by atoms with E-state index < -0.39 is 10.1 Å². The summed E-state index contributed by atoms with van der Waals surface area (Å²) in [5.74, 6) is 0.132. The minimum atomic E-state index is -3.91. The quantitative estimate of drug-likeness (QED) is 0.392. The van der Waals surface area contributed by atoms with Gasteiger partial charge < -0.3 is 9.50 Å². The van der Waals surface area contributed by atoms with Crippen molar-refractivity contribution < 1.29 is 17.4 Å². The zero-order chi connectivity index (χ0) is 20.7. The molecular weight excluding hydrogens is 410 g/mol. The normalized spacial score (nSPS) is 18.3. The Bertz CT molecular complexity index is 1020. The van der Waals surface area contributed by atoms with Gasteiger partial charge in [0.1, 0.15) is 10.6 Å². The number of benzene rings is 2. The van der Waals surface area contributed by atoms with Gasteiger partial charge in [-0.1, -0.05) is 61.9 Å². The van der Waals surface area contributed by atoms with Crippen molar-refractivity contribution in [3.63, 3.8) is 0 Å². The highest BCUT2D eigenvalue weighted by molar-refractivity contribution is 8.15. The van der Waals surface area contributed by atoms with Crippen molar-refractivity contribution in [3.8, 4) is 5.75 Å². The van der Waals surface area contributed by atoms with Crippen molar-refractivity contribution in [1.29, 1.82) is 0 Å². The van der Waals surface area contributed by atoms with Gasteiger partial charge >= 0.3 is 10.1 Å². The second-order valence-electron chi connectivity index (χ2n) is 6.31. The highest BCUT2D eigenvalue weighted by Gasteiger charge is 2.29. The van der Waals surface area contributed by atoms with Crippen molar-refractivity contribution in [2.24, 2.45) is 10.2 Å². The maximum absolute atomic E-state index is 12.3. The van der Waals surface area contributed by atoms with E-state index in [1.807, 2.05) is 0 Å². The first-order valence-electron chi connectivity index (χ1n) is 9.16. The van der Waals surface area contributed by atoms with Crippen LogP contribution in [0.15, 0.2) is 69.7 Å². The third kappa shape index (κ3) is 5.91. The summed E-state index contributed by atoms with van der Waals surface area (Å²) in [5.41, 5.74) is 0.618. The molecule has 3 rings (SSSR count). The van der Waals surface area contributed by atoms with Crippen LogP contribution in [0.1, 0.15) is 31.7 Å². The summed E-state index contributed by atoms with van der Waals surface area (Å²) < 4.78 is 29.8. The maximum atomic E-state index is 12.3. The number of hydrogen-bond donors (Lipinski definition) is 1. The smallest absolute Gasteiger partial charge is 0.339 e. The lowest BCUT2D eigenvalue weighted by Gasteiger charge is -2.07. The summed E-state index contributed by atoms with van der Waals surface area (Å²) in [5, 5.41) is 11.1. The summed E-state index contributed by atoms with van der Waals surface area (Å²) in [6.45, 7) is 2.08. The van der Waals surface area contributed by atoms with E-state index >= 15 is 0 Å². The fraction of sp³-hybridized carbons (Fsp3) is 0.250. The number of amidine groups is 1. The van der Waals surface area contributed by atoms with Crippen LogP contribution in [-0.2, 0) is 14.9 Å². The summed E-state index contributed by atoms with van der Waals surface area (Å²) in [7, 11) is -3.91. The van der Waals surface area contributed by atoms with Crippen LogP contribution in [0, 0.1) is 0 Å². The molecule has 1 aliphatic rings. The number of carbonyl (C=O) groups excluding carboxylic acids is 1. The maximum Gasteiger partial charge on any atom is 0.339 e. The monoisotopic (exact) mass is 431 g/mol. The molecule has 0 bridgehead atoms. The summed E-state index contributed by atoms with van der Waals surface area (Å²) in [6, 6.07) is 14.4. The van der Waals surface area contributed by atoms with Crippen LogP contribution in [0.5, 0.6) is 5.75 Å². The van der Waals surface area contributed by atoms with Crippen LogP contribution in [0.3, 0.4) is 0 Å². The van der Waals surface area contributed by atoms with Crippen molar-refractivity contribution in [2.45, 2.75) is 36.3 Å². The lowest BCUT2D eigenvalue weighted by Crippen LogP contribution is -2.24. The third-order valence-corrected chi connectivity index (χ3v) is 6.45. The minimum Gasteiger partial charge on any atom is -0.379 e. The van der Waals surface area contributed by atoms with Crippen LogP contribution in [0.25, 0.3) is 0 Å². The molecule has 0 radical (unpaired) electrons. The minimum absolute atomic E-state index is 0.0427.